The Hall–Kier alpha value is -2.63. The Labute approximate surface area is 201 Å². The van der Waals surface area contributed by atoms with Crippen molar-refractivity contribution in [2.45, 2.75) is 44.7 Å². The van der Waals surface area contributed by atoms with Gasteiger partial charge in [0, 0.05) is 33.6 Å². The van der Waals surface area contributed by atoms with Crippen LogP contribution in [0.2, 0.25) is 0 Å². The van der Waals surface area contributed by atoms with Crippen molar-refractivity contribution < 1.29 is 27.6 Å². The minimum Gasteiger partial charge on any atom is -0.486 e. The van der Waals surface area contributed by atoms with Gasteiger partial charge in [0.1, 0.15) is 16.7 Å². The molecule has 0 fully saturated rings. The Bertz CT molecular complexity index is 1130. The Balaban J connectivity index is 2.05. The fraction of sp³-hybridized carbons (Fsp3) is 0.565. The summed E-state index contributed by atoms with van der Waals surface area (Å²) < 4.78 is 39.4. The number of hydrogen-bond donors (Lipinski definition) is 1. The van der Waals surface area contributed by atoms with Gasteiger partial charge in [-0.2, -0.15) is 4.31 Å². The molecule has 11 heteroatoms. The van der Waals surface area contributed by atoms with E-state index in [4.69, 9.17) is 9.26 Å². The standard InChI is InChI=1S/C23H34N4O6S/c1-14-11-27(15(2)13-28)23(29)18-9-8-10-19(25(5)6)21(18)32-20(14)12-26(7)34(30,31)22-16(3)24-33-17(22)4/h8-10,14-15,20,28H,11-13H2,1-7H3/t14-,15-,20+/m0/s1. The number of fused-ring (bicyclic) bond motifs is 1. The van der Waals surface area contributed by atoms with Crippen molar-refractivity contribution >= 4 is 21.6 Å². The number of aliphatic hydroxyl groups excluding tert-OH is 1. The number of aromatic nitrogens is 1. The molecule has 0 bridgehead atoms. The average molecular weight is 495 g/mol. The van der Waals surface area contributed by atoms with Gasteiger partial charge in [0.25, 0.3) is 5.91 Å². The van der Waals surface area contributed by atoms with Crippen LogP contribution in [-0.4, -0.2) is 86.8 Å². The molecule has 0 aliphatic carbocycles. The van der Waals surface area contributed by atoms with Gasteiger partial charge in [-0.25, -0.2) is 8.42 Å². The van der Waals surface area contributed by atoms with Gasteiger partial charge in [0.15, 0.2) is 11.5 Å². The quantitative estimate of drug-likeness (QED) is 0.620. The zero-order valence-electron chi connectivity index (χ0n) is 20.8. The highest BCUT2D eigenvalue weighted by atomic mass is 32.2. The van der Waals surface area contributed by atoms with Gasteiger partial charge in [-0.15, -0.1) is 0 Å². The van der Waals surface area contributed by atoms with E-state index in [2.05, 4.69) is 5.16 Å². The smallest absolute Gasteiger partial charge is 0.258 e. The van der Waals surface area contributed by atoms with E-state index in [1.807, 2.05) is 32.0 Å². The molecule has 1 aliphatic rings. The maximum Gasteiger partial charge on any atom is 0.258 e. The number of carbonyl (C=O) groups is 1. The highest BCUT2D eigenvalue weighted by Gasteiger charge is 2.37. The third-order valence-corrected chi connectivity index (χ3v) is 8.29. The number of rotatable bonds is 7. The van der Waals surface area contributed by atoms with E-state index < -0.39 is 22.2 Å². The first-order valence-corrected chi connectivity index (χ1v) is 12.6. The van der Waals surface area contributed by atoms with E-state index in [0.29, 0.717) is 29.2 Å². The lowest BCUT2D eigenvalue weighted by molar-refractivity contribution is 0.0388. The SMILES string of the molecule is Cc1noc(C)c1S(=O)(=O)N(C)C[C@H]1Oc2c(cccc2N(C)C)C(=O)N([C@@H](C)CO)C[C@@H]1C. The monoisotopic (exact) mass is 494 g/mol. The number of nitrogens with zero attached hydrogens (tertiary/aromatic N) is 4. The Morgan fingerprint density at radius 1 is 1.26 bits per heavy atom. The summed E-state index contributed by atoms with van der Waals surface area (Å²) in [5.74, 6) is 0.156. The summed E-state index contributed by atoms with van der Waals surface area (Å²) in [4.78, 5) is 16.9. The maximum absolute atomic E-state index is 13.4. The second-order valence-corrected chi connectivity index (χ2v) is 11.1. The average Bonchev–Trinajstić information content (AvgIpc) is 3.13. The number of para-hydroxylation sites is 1. The van der Waals surface area contributed by atoms with Crippen LogP contribution in [-0.2, 0) is 10.0 Å². The van der Waals surface area contributed by atoms with E-state index in [-0.39, 0.29) is 35.6 Å². The van der Waals surface area contributed by atoms with Crippen molar-refractivity contribution in [3.05, 3.63) is 35.2 Å². The molecule has 0 radical (unpaired) electrons. The molecule has 2 heterocycles. The van der Waals surface area contributed by atoms with Crippen LogP contribution >= 0.6 is 0 Å². The Kier molecular flexibility index (Phi) is 7.59. The van der Waals surface area contributed by atoms with E-state index in [9.17, 15) is 18.3 Å². The van der Waals surface area contributed by atoms with Crippen LogP contribution in [0.25, 0.3) is 0 Å². The highest BCUT2D eigenvalue weighted by molar-refractivity contribution is 7.89. The van der Waals surface area contributed by atoms with E-state index >= 15 is 0 Å². The van der Waals surface area contributed by atoms with Crippen molar-refractivity contribution in [1.82, 2.24) is 14.4 Å². The molecule has 1 amide bonds. The first kappa shape index (κ1) is 26.0. The number of sulfonamides is 1. The third kappa shape index (κ3) is 4.77. The molecule has 1 aromatic heterocycles. The Morgan fingerprint density at radius 2 is 1.94 bits per heavy atom. The van der Waals surface area contributed by atoms with Crippen LogP contribution in [0, 0.1) is 19.8 Å². The summed E-state index contributed by atoms with van der Waals surface area (Å²) in [6.07, 6.45) is -0.568. The van der Waals surface area contributed by atoms with Crippen LogP contribution in [0.3, 0.4) is 0 Å². The van der Waals surface area contributed by atoms with Gasteiger partial charge in [0.2, 0.25) is 10.0 Å². The number of hydrogen-bond acceptors (Lipinski definition) is 8. The molecule has 3 atom stereocenters. The predicted octanol–water partition coefficient (Wildman–Crippen LogP) is 1.90. The van der Waals surface area contributed by atoms with E-state index in [1.165, 1.54) is 11.4 Å². The lowest BCUT2D eigenvalue weighted by Crippen LogP contribution is -2.50. The predicted molar refractivity (Wildman–Crippen MR) is 128 cm³/mol. The maximum atomic E-state index is 13.4. The van der Waals surface area contributed by atoms with Gasteiger partial charge >= 0.3 is 0 Å². The lowest BCUT2D eigenvalue weighted by Gasteiger charge is -2.38. The fourth-order valence-electron chi connectivity index (χ4n) is 4.15. The lowest BCUT2D eigenvalue weighted by atomic mass is 9.99. The number of benzene rings is 1. The first-order valence-electron chi connectivity index (χ1n) is 11.2. The second kappa shape index (κ2) is 9.93. The number of carbonyl (C=O) groups excluding carboxylic acids is 1. The number of aliphatic hydroxyl groups is 1. The minimum atomic E-state index is -3.88. The molecule has 0 saturated heterocycles. The van der Waals surface area contributed by atoms with Gasteiger partial charge < -0.3 is 24.2 Å². The van der Waals surface area contributed by atoms with Crippen molar-refractivity contribution in [1.29, 1.82) is 0 Å². The Morgan fingerprint density at radius 3 is 2.50 bits per heavy atom. The summed E-state index contributed by atoms with van der Waals surface area (Å²) in [5, 5.41) is 13.6. The van der Waals surface area contributed by atoms with Crippen molar-refractivity contribution in [3.63, 3.8) is 0 Å². The second-order valence-electron chi connectivity index (χ2n) is 9.11. The van der Waals surface area contributed by atoms with Crippen LogP contribution in [0.4, 0.5) is 5.69 Å². The summed E-state index contributed by atoms with van der Waals surface area (Å²) in [6, 6.07) is 4.91. The first-order chi connectivity index (χ1) is 15.9. The third-order valence-electron chi connectivity index (χ3n) is 6.23. The zero-order chi connectivity index (χ0) is 25.4. The van der Waals surface area contributed by atoms with Gasteiger partial charge in [-0.1, -0.05) is 18.1 Å². The minimum absolute atomic E-state index is 0.0459. The summed E-state index contributed by atoms with van der Waals surface area (Å²) in [5.41, 5.74) is 1.38. The molecule has 0 unspecified atom stereocenters. The normalized spacial score (nSPS) is 19.9. The molecule has 1 N–H and O–H groups in total. The van der Waals surface area contributed by atoms with Crippen molar-refractivity contribution in [3.8, 4) is 5.75 Å². The van der Waals surface area contributed by atoms with Crippen LogP contribution in [0.15, 0.2) is 27.6 Å². The summed E-state index contributed by atoms with van der Waals surface area (Å²) >= 11 is 0. The number of aryl methyl sites for hydroxylation is 2. The molecular weight excluding hydrogens is 460 g/mol. The fourth-order valence-corrected chi connectivity index (χ4v) is 5.61. The van der Waals surface area contributed by atoms with Gasteiger partial charge in [0.05, 0.1) is 30.4 Å². The molecule has 1 aliphatic heterocycles. The van der Waals surface area contributed by atoms with Crippen LogP contribution < -0.4 is 9.64 Å². The van der Waals surface area contributed by atoms with Crippen LogP contribution in [0.5, 0.6) is 5.75 Å². The topological polar surface area (TPSA) is 116 Å². The summed E-state index contributed by atoms with van der Waals surface area (Å²) in [6.45, 7) is 7.01. The zero-order valence-corrected chi connectivity index (χ0v) is 21.6. The molecule has 188 valence electrons. The number of anilines is 1. The molecule has 0 saturated carbocycles. The van der Waals surface area contributed by atoms with E-state index in [1.54, 1.807) is 37.8 Å². The molecule has 2 aromatic rings. The van der Waals surface area contributed by atoms with Crippen molar-refractivity contribution in [2.24, 2.45) is 5.92 Å². The molecule has 1 aromatic carbocycles. The highest BCUT2D eigenvalue weighted by Crippen LogP contribution is 2.36. The largest absolute Gasteiger partial charge is 0.486 e. The van der Waals surface area contributed by atoms with Gasteiger partial charge in [-0.3, -0.25) is 4.79 Å². The van der Waals surface area contributed by atoms with Gasteiger partial charge in [-0.05, 0) is 32.9 Å². The van der Waals surface area contributed by atoms with E-state index in [0.717, 1.165) is 0 Å². The summed E-state index contributed by atoms with van der Waals surface area (Å²) in [7, 11) is 1.31. The van der Waals surface area contributed by atoms with Crippen LogP contribution in [0.1, 0.15) is 35.7 Å². The molecule has 3 rings (SSSR count). The number of amides is 1. The molecular formula is C23H34N4O6S. The van der Waals surface area contributed by atoms with Crippen molar-refractivity contribution in [2.75, 3.05) is 45.7 Å². The molecule has 0 spiro atoms. The molecule has 34 heavy (non-hydrogen) atoms. The molecule has 10 nitrogen and oxygen atoms in total. The number of ether oxygens (including phenoxy) is 1. The number of likely N-dealkylation sites (N-methyl/N-ethyl adjacent to an activating group) is 1.